The minimum absolute atomic E-state index is 0.335. The Morgan fingerprint density at radius 2 is 1.59 bits per heavy atom. The van der Waals surface area contributed by atoms with Crippen LogP contribution in [0.3, 0.4) is 0 Å². The van der Waals surface area contributed by atoms with Crippen LogP contribution in [0.25, 0.3) is 0 Å². The molecule has 0 heterocycles. The zero-order chi connectivity index (χ0) is 12.8. The minimum Gasteiger partial charge on any atom is -0.379 e. The second-order valence-electron chi connectivity index (χ2n) is 4.25. The summed E-state index contributed by atoms with van der Waals surface area (Å²) in [6.07, 6.45) is 2.46. The van der Waals surface area contributed by atoms with Gasteiger partial charge in [-0.3, -0.25) is 0 Å². The van der Waals surface area contributed by atoms with Crippen molar-refractivity contribution in [2.45, 2.75) is 39.7 Å². The third-order valence-corrected chi connectivity index (χ3v) is 2.09. The Hall–Kier alpha value is -0.160. The smallest absolute Gasteiger partial charge is 0.0701 e. The quantitative estimate of drug-likeness (QED) is 0.504. The van der Waals surface area contributed by atoms with Crippen molar-refractivity contribution >= 4 is 0 Å². The van der Waals surface area contributed by atoms with Crippen LogP contribution >= 0.6 is 0 Å². The van der Waals surface area contributed by atoms with E-state index in [-0.39, 0.29) is 0 Å². The fourth-order valence-electron chi connectivity index (χ4n) is 1.25. The predicted molar refractivity (Wildman–Crippen MR) is 70.5 cm³/mol. The molecule has 0 fully saturated rings. The molecule has 0 rings (SSSR count). The van der Waals surface area contributed by atoms with Crippen LogP contribution < -0.4 is 5.32 Å². The summed E-state index contributed by atoms with van der Waals surface area (Å²) < 4.78 is 16.1. The van der Waals surface area contributed by atoms with Gasteiger partial charge in [0.15, 0.2) is 0 Å². The molecule has 0 aliphatic rings. The molecule has 0 saturated carbocycles. The van der Waals surface area contributed by atoms with E-state index >= 15 is 0 Å². The molecule has 0 saturated heterocycles. The Balaban J connectivity index is 2.89. The Kier molecular flexibility index (Phi) is 13.8. The molecule has 0 aliphatic heterocycles. The van der Waals surface area contributed by atoms with E-state index in [0.717, 1.165) is 45.8 Å². The Morgan fingerprint density at radius 3 is 2.24 bits per heavy atom. The van der Waals surface area contributed by atoms with E-state index in [1.54, 1.807) is 0 Å². The highest BCUT2D eigenvalue weighted by Crippen LogP contribution is 1.89. The first-order valence-corrected chi connectivity index (χ1v) is 6.75. The van der Waals surface area contributed by atoms with Crippen LogP contribution in [-0.2, 0) is 14.2 Å². The molecule has 4 heteroatoms. The molecule has 0 aromatic heterocycles. The normalized spacial score (nSPS) is 11.3. The second kappa shape index (κ2) is 13.9. The third-order valence-electron chi connectivity index (χ3n) is 2.09. The lowest BCUT2D eigenvalue weighted by atomic mass is 10.4. The average Bonchev–Trinajstić information content (AvgIpc) is 2.30. The second-order valence-corrected chi connectivity index (χ2v) is 4.25. The third kappa shape index (κ3) is 15.8. The van der Waals surface area contributed by atoms with Crippen LogP contribution in [-0.4, -0.2) is 52.2 Å². The maximum absolute atomic E-state index is 5.44. The molecule has 0 radical (unpaired) electrons. The van der Waals surface area contributed by atoms with Gasteiger partial charge in [0.25, 0.3) is 0 Å². The Labute approximate surface area is 106 Å². The number of rotatable bonds is 13. The molecular formula is C13H29NO3. The molecule has 1 N–H and O–H groups in total. The van der Waals surface area contributed by atoms with Gasteiger partial charge in [0, 0.05) is 19.8 Å². The van der Waals surface area contributed by atoms with Gasteiger partial charge in [-0.25, -0.2) is 0 Å². The number of hydrogen-bond acceptors (Lipinski definition) is 4. The van der Waals surface area contributed by atoms with Gasteiger partial charge in [-0.15, -0.1) is 0 Å². The first-order valence-electron chi connectivity index (χ1n) is 6.75. The monoisotopic (exact) mass is 247 g/mol. The van der Waals surface area contributed by atoms with Gasteiger partial charge >= 0.3 is 0 Å². The van der Waals surface area contributed by atoms with E-state index in [4.69, 9.17) is 14.2 Å². The van der Waals surface area contributed by atoms with Crippen molar-refractivity contribution in [1.29, 1.82) is 0 Å². The first-order chi connectivity index (χ1) is 8.27. The van der Waals surface area contributed by atoms with Crippen LogP contribution in [0.1, 0.15) is 33.6 Å². The fraction of sp³-hybridized carbons (Fsp3) is 1.00. The van der Waals surface area contributed by atoms with Gasteiger partial charge < -0.3 is 19.5 Å². The summed E-state index contributed by atoms with van der Waals surface area (Å²) in [6, 6.07) is 0. The number of hydrogen-bond donors (Lipinski definition) is 1. The van der Waals surface area contributed by atoms with Gasteiger partial charge in [-0.05, 0) is 33.2 Å². The molecule has 0 amide bonds. The van der Waals surface area contributed by atoms with E-state index in [1.807, 2.05) is 0 Å². The van der Waals surface area contributed by atoms with Crippen molar-refractivity contribution in [2.75, 3.05) is 46.1 Å². The van der Waals surface area contributed by atoms with E-state index in [2.05, 4.69) is 26.1 Å². The molecule has 4 nitrogen and oxygen atoms in total. The molecule has 0 unspecified atom stereocenters. The summed E-state index contributed by atoms with van der Waals surface area (Å²) in [5, 5.41) is 3.32. The zero-order valence-electron chi connectivity index (χ0n) is 11.7. The summed E-state index contributed by atoms with van der Waals surface area (Å²) in [5.74, 6) is 0. The van der Waals surface area contributed by atoms with Crippen molar-refractivity contribution in [3.05, 3.63) is 0 Å². The van der Waals surface area contributed by atoms with Gasteiger partial charge in [-0.2, -0.15) is 0 Å². The molecule has 17 heavy (non-hydrogen) atoms. The molecule has 0 atom stereocenters. The number of nitrogens with one attached hydrogen (secondary N) is 1. The SMILES string of the molecule is CCCOCCOCCNCCCOC(C)C. The summed E-state index contributed by atoms with van der Waals surface area (Å²) in [4.78, 5) is 0. The van der Waals surface area contributed by atoms with E-state index in [0.29, 0.717) is 19.3 Å². The number of ether oxygens (including phenoxy) is 3. The van der Waals surface area contributed by atoms with Crippen molar-refractivity contribution in [3.63, 3.8) is 0 Å². The highest BCUT2D eigenvalue weighted by Gasteiger charge is 1.93. The van der Waals surface area contributed by atoms with Crippen LogP contribution in [0.5, 0.6) is 0 Å². The predicted octanol–water partition coefficient (Wildman–Crippen LogP) is 1.83. The molecule has 0 spiro atoms. The standard InChI is InChI=1S/C13H29NO3/c1-4-8-15-11-12-16-10-7-14-6-5-9-17-13(2)3/h13-14H,4-12H2,1-3H3. The van der Waals surface area contributed by atoms with Gasteiger partial charge in [0.2, 0.25) is 0 Å². The van der Waals surface area contributed by atoms with E-state index < -0.39 is 0 Å². The maximum Gasteiger partial charge on any atom is 0.0701 e. The summed E-state index contributed by atoms with van der Waals surface area (Å²) in [7, 11) is 0. The van der Waals surface area contributed by atoms with E-state index in [1.165, 1.54) is 0 Å². The lowest BCUT2D eigenvalue weighted by molar-refractivity contribution is 0.0485. The van der Waals surface area contributed by atoms with Crippen molar-refractivity contribution in [1.82, 2.24) is 5.32 Å². The van der Waals surface area contributed by atoms with Gasteiger partial charge in [-0.1, -0.05) is 6.92 Å². The van der Waals surface area contributed by atoms with Crippen molar-refractivity contribution in [3.8, 4) is 0 Å². The van der Waals surface area contributed by atoms with E-state index in [9.17, 15) is 0 Å². The van der Waals surface area contributed by atoms with Crippen LogP contribution in [0.15, 0.2) is 0 Å². The van der Waals surface area contributed by atoms with Crippen molar-refractivity contribution in [2.24, 2.45) is 0 Å². The molecule has 0 aromatic carbocycles. The topological polar surface area (TPSA) is 39.7 Å². The lowest BCUT2D eigenvalue weighted by Crippen LogP contribution is -2.23. The molecule has 0 aromatic rings. The summed E-state index contributed by atoms with van der Waals surface area (Å²) in [5.41, 5.74) is 0. The molecular weight excluding hydrogens is 218 g/mol. The van der Waals surface area contributed by atoms with Crippen LogP contribution in [0, 0.1) is 0 Å². The van der Waals surface area contributed by atoms with Gasteiger partial charge in [0.1, 0.15) is 0 Å². The molecule has 0 aliphatic carbocycles. The fourth-order valence-corrected chi connectivity index (χ4v) is 1.25. The van der Waals surface area contributed by atoms with Gasteiger partial charge in [0.05, 0.1) is 25.9 Å². The zero-order valence-corrected chi connectivity index (χ0v) is 11.7. The van der Waals surface area contributed by atoms with Crippen LogP contribution in [0.4, 0.5) is 0 Å². The maximum atomic E-state index is 5.44. The Morgan fingerprint density at radius 1 is 0.882 bits per heavy atom. The highest BCUT2D eigenvalue weighted by atomic mass is 16.5. The minimum atomic E-state index is 0.335. The lowest BCUT2D eigenvalue weighted by Gasteiger charge is -2.08. The van der Waals surface area contributed by atoms with Crippen molar-refractivity contribution < 1.29 is 14.2 Å². The molecule has 0 bridgehead atoms. The van der Waals surface area contributed by atoms with Crippen LogP contribution in [0.2, 0.25) is 0 Å². The molecule has 104 valence electrons. The summed E-state index contributed by atoms with van der Waals surface area (Å²) >= 11 is 0. The highest BCUT2D eigenvalue weighted by molar-refractivity contribution is 4.47. The Bertz CT molecular complexity index is 143. The summed E-state index contributed by atoms with van der Waals surface area (Å²) in [6.45, 7) is 11.9. The first kappa shape index (κ1) is 16.8. The largest absolute Gasteiger partial charge is 0.379 e. The average molecular weight is 247 g/mol.